The van der Waals surface area contributed by atoms with Crippen molar-refractivity contribution in [2.45, 2.75) is 25.9 Å². The third kappa shape index (κ3) is 3.55. The van der Waals surface area contributed by atoms with E-state index in [1.54, 1.807) is 12.1 Å². The highest BCUT2D eigenvalue weighted by Gasteiger charge is 2.35. The van der Waals surface area contributed by atoms with Crippen molar-refractivity contribution < 1.29 is 14.1 Å². The summed E-state index contributed by atoms with van der Waals surface area (Å²) < 4.78 is 7.16. The summed E-state index contributed by atoms with van der Waals surface area (Å²) in [4.78, 5) is 15.8. The number of benzene rings is 1. The number of nitrogens with one attached hydrogen (secondary N) is 1. The summed E-state index contributed by atoms with van der Waals surface area (Å²) in [5.41, 5.74) is 1.18. The van der Waals surface area contributed by atoms with Gasteiger partial charge in [0.1, 0.15) is 0 Å². The summed E-state index contributed by atoms with van der Waals surface area (Å²) in [7, 11) is 0. The average Bonchev–Trinajstić information content (AvgIpc) is 3.41. The SMILES string of the molecule is CC(C)n1nnnc1[C@@H](c1ccccc1)[NH+]1CCN(C(=O)c2ccco2)CC1. The minimum absolute atomic E-state index is 0.0273. The Labute approximate surface area is 163 Å². The first-order chi connectivity index (χ1) is 13.6. The summed E-state index contributed by atoms with van der Waals surface area (Å²) in [6.45, 7) is 7.13. The van der Waals surface area contributed by atoms with Crippen molar-refractivity contribution in [3.8, 4) is 0 Å². The lowest BCUT2D eigenvalue weighted by atomic mass is 10.0. The van der Waals surface area contributed by atoms with Gasteiger partial charge in [-0.2, -0.15) is 0 Å². The number of carbonyl (C=O) groups excluding carboxylic acids is 1. The molecule has 1 aliphatic heterocycles. The molecule has 0 unspecified atom stereocenters. The standard InChI is InChI=1S/C20H24N6O2/c1-15(2)26-19(21-22-23-26)18(16-7-4-3-5-8-16)24-10-12-25(13-11-24)20(27)17-9-6-14-28-17/h3-9,14-15,18H,10-13H2,1-2H3/p+1/t18-/m1/s1. The molecule has 1 atom stereocenters. The summed E-state index contributed by atoms with van der Waals surface area (Å²) in [6.07, 6.45) is 1.53. The third-order valence-corrected chi connectivity index (χ3v) is 5.23. The van der Waals surface area contributed by atoms with Crippen LogP contribution in [0.3, 0.4) is 0 Å². The molecule has 0 aliphatic carbocycles. The molecule has 0 bridgehead atoms. The zero-order valence-corrected chi connectivity index (χ0v) is 16.2. The molecule has 1 aliphatic rings. The maximum absolute atomic E-state index is 12.6. The van der Waals surface area contributed by atoms with Crippen LogP contribution in [0.25, 0.3) is 0 Å². The van der Waals surface area contributed by atoms with Crippen molar-refractivity contribution in [3.63, 3.8) is 0 Å². The van der Waals surface area contributed by atoms with Crippen LogP contribution < -0.4 is 4.90 Å². The third-order valence-electron chi connectivity index (χ3n) is 5.23. The summed E-state index contributed by atoms with van der Waals surface area (Å²) in [5, 5.41) is 12.5. The molecule has 0 saturated carbocycles. The fourth-order valence-corrected chi connectivity index (χ4v) is 3.81. The molecule has 146 valence electrons. The molecule has 1 saturated heterocycles. The maximum atomic E-state index is 12.6. The number of quaternary nitrogens is 1. The second-order valence-corrected chi connectivity index (χ2v) is 7.35. The van der Waals surface area contributed by atoms with E-state index in [-0.39, 0.29) is 18.0 Å². The Bertz CT molecular complexity index is 898. The molecule has 8 nitrogen and oxygen atoms in total. The number of hydrogen-bond donors (Lipinski definition) is 1. The van der Waals surface area contributed by atoms with Gasteiger partial charge in [-0.05, 0) is 36.4 Å². The van der Waals surface area contributed by atoms with Gasteiger partial charge < -0.3 is 14.2 Å². The number of piperazine rings is 1. The highest BCUT2D eigenvalue weighted by atomic mass is 16.3. The van der Waals surface area contributed by atoms with E-state index in [2.05, 4.69) is 41.5 Å². The first-order valence-corrected chi connectivity index (χ1v) is 9.65. The zero-order valence-electron chi connectivity index (χ0n) is 16.2. The molecule has 8 heteroatoms. The number of amides is 1. The molecule has 1 fully saturated rings. The molecule has 1 N–H and O–H groups in total. The second-order valence-electron chi connectivity index (χ2n) is 7.35. The van der Waals surface area contributed by atoms with Crippen LogP contribution in [-0.2, 0) is 0 Å². The van der Waals surface area contributed by atoms with E-state index in [1.165, 1.54) is 16.7 Å². The summed E-state index contributed by atoms with van der Waals surface area (Å²) in [5.74, 6) is 1.21. The summed E-state index contributed by atoms with van der Waals surface area (Å²) >= 11 is 0. The van der Waals surface area contributed by atoms with Gasteiger partial charge in [0.05, 0.1) is 38.5 Å². The van der Waals surface area contributed by atoms with Gasteiger partial charge >= 0.3 is 0 Å². The van der Waals surface area contributed by atoms with Crippen molar-refractivity contribution in [3.05, 3.63) is 65.9 Å². The van der Waals surface area contributed by atoms with E-state index in [1.807, 2.05) is 27.8 Å². The Hall–Kier alpha value is -3.00. The molecule has 4 rings (SSSR count). The number of carbonyl (C=O) groups is 1. The average molecular weight is 381 g/mol. The van der Waals surface area contributed by atoms with Crippen molar-refractivity contribution in [2.24, 2.45) is 0 Å². The van der Waals surface area contributed by atoms with Crippen LogP contribution in [-0.4, -0.2) is 57.2 Å². The Morgan fingerprint density at radius 1 is 1.11 bits per heavy atom. The number of furan rings is 1. The molecule has 28 heavy (non-hydrogen) atoms. The Kier molecular flexibility index (Phi) is 5.21. The van der Waals surface area contributed by atoms with Gasteiger partial charge in [-0.3, -0.25) is 4.79 Å². The van der Waals surface area contributed by atoms with E-state index in [4.69, 9.17) is 4.42 Å². The van der Waals surface area contributed by atoms with Gasteiger partial charge in [0, 0.05) is 5.56 Å². The van der Waals surface area contributed by atoms with Crippen molar-refractivity contribution in [2.75, 3.05) is 26.2 Å². The van der Waals surface area contributed by atoms with Gasteiger partial charge in [-0.25, -0.2) is 4.68 Å². The van der Waals surface area contributed by atoms with Crippen LogP contribution in [0, 0.1) is 0 Å². The van der Waals surface area contributed by atoms with Gasteiger partial charge in [-0.1, -0.05) is 30.3 Å². The Balaban J connectivity index is 1.57. The number of aromatic nitrogens is 4. The molecular weight excluding hydrogens is 356 g/mol. The van der Waals surface area contributed by atoms with Gasteiger partial charge in [0.2, 0.25) is 5.82 Å². The molecule has 2 aromatic heterocycles. The van der Waals surface area contributed by atoms with Crippen molar-refractivity contribution in [1.29, 1.82) is 0 Å². The molecule has 1 aromatic carbocycles. The number of hydrogen-bond acceptors (Lipinski definition) is 5. The van der Waals surface area contributed by atoms with Crippen LogP contribution in [0.2, 0.25) is 0 Å². The van der Waals surface area contributed by atoms with E-state index in [9.17, 15) is 4.79 Å². The fourth-order valence-electron chi connectivity index (χ4n) is 3.81. The lowest BCUT2D eigenvalue weighted by Crippen LogP contribution is -3.15. The Morgan fingerprint density at radius 2 is 1.86 bits per heavy atom. The fraction of sp³-hybridized carbons (Fsp3) is 0.400. The predicted octanol–water partition coefficient (Wildman–Crippen LogP) is 0.977. The second kappa shape index (κ2) is 7.93. The zero-order chi connectivity index (χ0) is 19.5. The first-order valence-electron chi connectivity index (χ1n) is 9.65. The first kappa shape index (κ1) is 18.4. The molecule has 3 aromatic rings. The molecule has 0 radical (unpaired) electrons. The van der Waals surface area contributed by atoms with Crippen molar-refractivity contribution >= 4 is 5.91 Å². The maximum Gasteiger partial charge on any atom is 0.289 e. The smallest absolute Gasteiger partial charge is 0.289 e. The highest BCUT2D eigenvalue weighted by Crippen LogP contribution is 2.19. The summed E-state index contributed by atoms with van der Waals surface area (Å²) in [6, 6.07) is 14.0. The van der Waals surface area contributed by atoms with E-state index < -0.39 is 0 Å². The topological polar surface area (TPSA) is 81.5 Å². The van der Waals surface area contributed by atoms with Crippen LogP contribution in [0.15, 0.2) is 53.1 Å². The normalized spacial score (nSPS) is 16.5. The van der Waals surface area contributed by atoms with Crippen LogP contribution in [0.4, 0.5) is 0 Å². The van der Waals surface area contributed by atoms with E-state index in [0.29, 0.717) is 18.8 Å². The lowest BCUT2D eigenvalue weighted by Gasteiger charge is -2.36. The minimum Gasteiger partial charge on any atom is -0.459 e. The number of rotatable bonds is 5. The number of tetrazole rings is 1. The minimum atomic E-state index is -0.0488. The van der Waals surface area contributed by atoms with Crippen molar-refractivity contribution in [1.82, 2.24) is 25.1 Å². The van der Waals surface area contributed by atoms with Gasteiger partial charge in [-0.15, -0.1) is 5.10 Å². The quantitative estimate of drug-likeness (QED) is 0.712. The molecule has 3 heterocycles. The van der Waals surface area contributed by atoms with Gasteiger partial charge in [0.15, 0.2) is 11.8 Å². The molecule has 0 spiro atoms. The molecule has 1 amide bonds. The van der Waals surface area contributed by atoms with E-state index in [0.717, 1.165) is 18.9 Å². The highest BCUT2D eigenvalue weighted by molar-refractivity contribution is 5.91. The number of nitrogens with zero attached hydrogens (tertiary/aromatic N) is 5. The predicted molar refractivity (Wildman–Crippen MR) is 102 cm³/mol. The van der Waals surface area contributed by atoms with Crippen LogP contribution in [0.5, 0.6) is 0 Å². The van der Waals surface area contributed by atoms with Crippen LogP contribution in [0.1, 0.15) is 47.9 Å². The largest absolute Gasteiger partial charge is 0.459 e. The monoisotopic (exact) mass is 381 g/mol. The van der Waals surface area contributed by atoms with Crippen LogP contribution >= 0.6 is 0 Å². The Morgan fingerprint density at radius 3 is 2.50 bits per heavy atom. The molecular formula is C20H25N6O2+. The van der Waals surface area contributed by atoms with E-state index >= 15 is 0 Å². The lowest BCUT2D eigenvalue weighted by molar-refractivity contribution is -0.930. The van der Waals surface area contributed by atoms with Gasteiger partial charge in [0.25, 0.3) is 5.91 Å².